The molecule has 1 aliphatic heterocycles. The van der Waals surface area contributed by atoms with Gasteiger partial charge in [-0.05, 0) is 19.4 Å². The predicted molar refractivity (Wildman–Crippen MR) is 38.9 cm³/mol. The van der Waals surface area contributed by atoms with Crippen LogP contribution in [0, 0.1) is 0 Å². The molecule has 0 amide bonds. The summed E-state index contributed by atoms with van der Waals surface area (Å²) in [4.78, 5) is 21.0. The second-order valence-electron chi connectivity index (χ2n) is 2.58. The highest BCUT2D eigenvalue weighted by Gasteiger charge is 2.16. The molecule has 0 radical (unpaired) electrons. The fraction of sp³-hybridized carbons (Fsp3) is 0.500. The number of ether oxygens (including phenoxy) is 1. The molecule has 3 nitrogen and oxygen atoms in total. The number of carbonyl (C=O) groups excluding carboxylic acids is 2. The molecule has 0 N–H and O–H groups in total. The van der Waals surface area contributed by atoms with E-state index in [1.807, 2.05) is 0 Å². The molecule has 0 bridgehead atoms. The lowest BCUT2D eigenvalue weighted by Gasteiger charge is -2.05. The number of rotatable bonds is 3. The highest BCUT2D eigenvalue weighted by Crippen LogP contribution is 2.10. The van der Waals surface area contributed by atoms with Crippen molar-refractivity contribution in [1.29, 1.82) is 0 Å². The Morgan fingerprint density at radius 3 is 2.91 bits per heavy atom. The van der Waals surface area contributed by atoms with E-state index in [1.54, 1.807) is 6.08 Å². The second kappa shape index (κ2) is 3.32. The molecule has 1 unspecified atom stereocenters. The third-order valence-electron chi connectivity index (χ3n) is 1.50. The van der Waals surface area contributed by atoms with Gasteiger partial charge in [0.05, 0.1) is 0 Å². The Labute approximate surface area is 65.0 Å². The first-order chi connectivity index (χ1) is 5.18. The van der Waals surface area contributed by atoms with E-state index in [-0.39, 0.29) is 17.9 Å². The predicted octanol–water partition coefficient (Wildman–Crippen LogP) is 0.837. The van der Waals surface area contributed by atoms with Gasteiger partial charge in [-0.15, -0.1) is 0 Å². The summed E-state index contributed by atoms with van der Waals surface area (Å²) in [6.07, 6.45) is 3.99. The van der Waals surface area contributed by atoms with Crippen LogP contribution in [-0.4, -0.2) is 17.9 Å². The van der Waals surface area contributed by atoms with Crippen LogP contribution in [0.4, 0.5) is 0 Å². The molecule has 0 aliphatic carbocycles. The Hall–Kier alpha value is -1.12. The second-order valence-corrected chi connectivity index (χ2v) is 2.58. The molecule has 3 heteroatoms. The molecule has 1 rings (SSSR count). The average molecular weight is 154 g/mol. The number of esters is 1. The van der Waals surface area contributed by atoms with E-state index < -0.39 is 0 Å². The smallest absolute Gasteiger partial charge is 0.331 e. The summed E-state index contributed by atoms with van der Waals surface area (Å²) in [5, 5.41) is 0. The van der Waals surface area contributed by atoms with Crippen LogP contribution in [0.15, 0.2) is 12.2 Å². The Balaban J connectivity index is 2.24. The van der Waals surface area contributed by atoms with Gasteiger partial charge in [-0.25, -0.2) is 4.79 Å². The topological polar surface area (TPSA) is 43.4 Å². The van der Waals surface area contributed by atoms with Gasteiger partial charge in [-0.3, -0.25) is 0 Å². The first kappa shape index (κ1) is 7.98. The first-order valence-corrected chi connectivity index (χ1v) is 3.57. The summed E-state index contributed by atoms with van der Waals surface area (Å²) < 4.78 is 4.81. The molecule has 0 saturated carbocycles. The van der Waals surface area contributed by atoms with Crippen LogP contribution < -0.4 is 0 Å². The number of hydrogen-bond acceptors (Lipinski definition) is 3. The van der Waals surface area contributed by atoms with Crippen LogP contribution in [0.1, 0.15) is 19.8 Å². The van der Waals surface area contributed by atoms with E-state index in [4.69, 9.17) is 4.74 Å². The third-order valence-corrected chi connectivity index (χ3v) is 1.50. The zero-order chi connectivity index (χ0) is 8.27. The SMILES string of the molecule is CC(=O)CCC1C=CC(=O)O1. The minimum absolute atomic E-state index is 0.126. The lowest BCUT2D eigenvalue weighted by Crippen LogP contribution is -2.08. The van der Waals surface area contributed by atoms with Crippen molar-refractivity contribution < 1.29 is 14.3 Å². The van der Waals surface area contributed by atoms with Crippen LogP contribution in [-0.2, 0) is 14.3 Å². The van der Waals surface area contributed by atoms with Gasteiger partial charge in [0.1, 0.15) is 11.9 Å². The van der Waals surface area contributed by atoms with Gasteiger partial charge in [0, 0.05) is 12.5 Å². The van der Waals surface area contributed by atoms with E-state index in [0.29, 0.717) is 12.8 Å². The summed E-state index contributed by atoms with van der Waals surface area (Å²) >= 11 is 0. The highest BCUT2D eigenvalue weighted by molar-refractivity contribution is 5.84. The maximum absolute atomic E-state index is 10.5. The molecule has 0 fully saturated rings. The molecule has 0 aromatic carbocycles. The molecule has 11 heavy (non-hydrogen) atoms. The van der Waals surface area contributed by atoms with Gasteiger partial charge in [0.2, 0.25) is 0 Å². The lowest BCUT2D eigenvalue weighted by molar-refractivity contribution is -0.139. The van der Waals surface area contributed by atoms with Crippen molar-refractivity contribution in [2.45, 2.75) is 25.9 Å². The largest absolute Gasteiger partial charge is 0.455 e. The van der Waals surface area contributed by atoms with Crippen LogP contribution in [0.5, 0.6) is 0 Å². The van der Waals surface area contributed by atoms with Crippen LogP contribution in [0.25, 0.3) is 0 Å². The van der Waals surface area contributed by atoms with Gasteiger partial charge in [0.25, 0.3) is 0 Å². The quantitative estimate of drug-likeness (QED) is 0.565. The van der Waals surface area contributed by atoms with Crippen molar-refractivity contribution in [2.24, 2.45) is 0 Å². The Bertz CT molecular complexity index is 205. The molecular weight excluding hydrogens is 144 g/mol. The molecule has 0 aromatic heterocycles. The van der Waals surface area contributed by atoms with Crippen LogP contribution in [0.3, 0.4) is 0 Å². The van der Waals surface area contributed by atoms with Crippen molar-refractivity contribution in [1.82, 2.24) is 0 Å². The lowest BCUT2D eigenvalue weighted by atomic mass is 10.1. The van der Waals surface area contributed by atoms with E-state index in [1.165, 1.54) is 13.0 Å². The van der Waals surface area contributed by atoms with Crippen molar-refractivity contribution in [3.05, 3.63) is 12.2 Å². The molecule has 60 valence electrons. The highest BCUT2D eigenvalue weighted by atomic mass is 16.5. The Morgan fingerprint density at radius 2 is 2.45 bits per heavy atom. The number of hydrogen-bond donors (Lipinski definition) is 0. The molecule has 1 aliphatic rings. The summed E-state index contributed by atoms with van der Waals surface area (Å²) in [5.41, 5.74) is 0. The van der Waals surface area contributed by atoms with Gasteiger partial charge >= 0.3 is 5.97 Å². The van der Waals surface area contributed by atoms with E-state index in [0.717, 1.165) is 0 Å². The van der Waals surface area contributed by atoms with E-state index in [2.05, 4.69) is 0 Å². The fourth-order valence-corrected chi connectivity index (χ4v) is 0.914. The normalized spacial score (nSPS) is 21.9. The molecule has 0 spiro atoms. The van der Waals surface area contributed by atoms with Crippen molar-refractivity contribution in [3.8, 4) is 0 Å². The Kier molecular flexibility index (Phi) is 2.41. The number of ketones is 1. The maximum atomic E-state index is 10.5. The molecular formula is C8H10O3. The average Bonchev–Trinajstić information content (AvgIpc) is 2.31. The van der Waals surface area contributed by atoms with Gasteiger partial charge in [-0.1, -0.05) is 0 Å². The minimum Gasteiger partial charge on any atom is -0.455 e. The van der Waals surface area contributed by atoms with Crippen molar-refractivity contribution in [3.63, 3.8) is 0 Å². The van der Waals surface area contributed by atoms with Crippen LogP contribution >= 0.6 is 0 Å². The summed E-state index contributed by atoms with van der Waals surface area (Å²) in [6.45, 7) is 1.53. The number of Topliss-reactive ketones (excluding diaryl/α,β-unsaturated/α-hetero) is 1. The number of cyclic esters (lactones) is 1. The Morgan fingerprint density at radius 1 is 1.73 bits per heavy atom. The zero-order valence-corrected chi connectivity index (χ0v) is 6.37. The van der Waals surface area contributed by atoms with E-state index in [9.17, 15) is 9.59 Å². The number of carbonyl (C=O) groups is 2. The zero-order valence-electron chi connectivity index (χ0n) is 6.37. The van der Waals surface area contributed by atoms with Crippen LogP contribution in [0.2, 0.25) is 0 Å². The van der Waals surface area contributed by atoms with Gasteiger partial charge in [0.15, 0.2) is 0 Å². The third kappa shape index (κ3) is 2.53. The summed E-state index contributed by atoms with van der Waals surface area (Å²) in [5.74, 6) is -0.181. The minimum atomic E-state index is -0.307. The van der Waals surface area contributed by atoms with Crippen molar-refractivity contribution in [2.75, 3.05) is 0 Å². The fourth-order valence-electron chi connectivity index (χ4n) is 0.914. The summed E-state index contributed by atoms with van der Waals surface area (Å²) in [7, 11) is 0. The van der Waals surface area contributed by atoms with Crippen molar-refractivity contribution >= 4 is 11.8 Å². The molecule has 1 heterocycles. The maximum Gasteiger partial charge on any atom is 0.331 e. The molecule has 1 atom stereocenters. The standard InChI is InChI=1S/C8H10O3/c1-6(9)2-3-7-4-5-8(10)11-7/h4-5,7H,2-3H2,1H3. The van der Waals surface area contributed by atoms with Gasteiger partial charge < -0.3 is 9.53 Å². The molecule has 0 aromatic rings. The first-order valence-electron chi connectivity index (χ1n) is 3.57. The van der Waals surface area contributed by atoms with Gasteiger partial charge in [-0.2, -0.15) is 0 Å². The molecule has 0 saturated heterocycles. The summed E-state index contributed by atoms with van der Waals surface area (Å²) in [6, 6.07) is 0. The monoisotopic (exact) mass is 154 g/mol. The van der Waals surface area contributed by atoms with E-state index >= 15 is 0 Å².